The van der Waals surface area contributed by atoms with Gasteiger partial charge in [0, 0.05) is 38.5 Å². The largest absolute Gasteiger partial charge is 0.394 e. The smallest absolute Gasteiger partial charge is 0.244 e. The molecule has 0 saturated carbocycles. The zero-order valence-corrected chi connectivity index (χ0v) is 22.4. The molecule has 37 heavy (non-hydrogen) atoms. The van der Waals surface area contributed by atoms with E-state index in [0.29, 0.717) is 32.7 Å². The number of rotatable bonds is 9. The number of nitrogens with zero attached hydrogens (tertiary/aromatic N) is 2. The quantitative estimate of drug-likeness (QED) is 0.416. The van der Waals surface area contributed by atoms with Gasteiger partial charge in [0.25, 0.3) is 0 Å². The van der Waals surface area contributed by atoms with Crippen LogP contribution in [0.25, 0.3) is 0 Å². The lowest BCUT2D eigenvalue weighted by atomic mass is 9.66. The third-order valence-electron chi connectivity index (χ3n) is 8.73. The number of ether oxygens (including phenoxy) is 1. The minimum Gasteiger partial charge on any atom is -0.394 e. The summed E-state index contributed by atoms with van der Waals surface area (Å²) in [7, 11) is 1.61. The lowest BCUT2D eigenvalue weighted by molar-refractivity contribution is -0.142. The highest BCUT2D eigenvalue weighted by atomic mass is 32.2. The number of hydrogen-bond acceptors (Lipinski definition) is 7. The Morgan fingerprint density at radius 2 is 1.95 bits per heavy atom. The second kappa shape index (κ2) is 10.9. The van der Waals surface area contributed by atoms with E-state index >= 15 is 0 Å². The number of thioether (sulfide) groups is 1. The van der Waals surface area contributed by atoms with Crippen LogP contribution in [0.15, 0.2) is 30.3 Å². The molecule has 3 unspecified atom stereocenters. The molecule has 1 aromatic rings. The number of morpholine rings is 1. The van der Waals surface area contributed by atoms with E-state index in [9.17, 15) is 19.5 Å². The van der Waals surface area contributed by atoms with Gasteiger partial charge in [0.1, 0.15) is 6.04 Å². The van der Waals surface area contributed by atoms with Crippen LogP contribution in [0, 0.1) is 17.8 Å². The minimum absolute atomic E-state index is 0.0106. The van der Waals surface area contributed by atoms with E-state index < -0.39 is 28.7 Å². The molecule has 3 N–H and O–H groups in total. The Labute approximate surface area is 222 Å². The van der Waals surface area contributed by atoms with Crippen LogP contribution in [0.1, 0.15) is 18.9 Å². The van der Waals surface area contributed by atoms with E-state index in [0.717, 1.165) is 25.1 Å². The van der Waals surface area contributed by atoms with E-state index in [1.54, 1.807) is 23.7 Å². The second-order valence-corrected chi connectivity index (χ2v) is 12.2. The van der Waals surface area contributed by atoms with Crippen molar-refractivity contribution in [1.82, 2.24) is 20.4 Å². The standard InChI is InChI=1S/C27H38N4O5S/c1-17-14-20-21(24(33)28-2)22-26(35)31(19(16-32)15-18-6-4-3-5-7-18)23(27(17,22)37-20)25(34)29-8-9-30-10-12-36-13-11-30/h3-7,17,19-23,32H,8-16H2,1-2H3,(H,28,33)(H,29,34)/t17?,19-,20+,21-,22+,23?,27?/m1/s1. The zero-order chi connectivity index (χ0) is 26.2. The molecule has 202 valence electrons. The first kappa shape index (κ1) is 26.5. The number of benzene rings is 1. The van der Waals surface area contributed by atoms with Crippen LogP contribution in [-0.4, -0.2) is 108 Å². The molecule has 2 bridgehead atoms. The third-order valence-corrected chi connectivity index (χ3v) is 10.8. The lowest BCUT2D eigenvalue weighted by Gasteiger charge is -2.40. The van der Waals surface area contributed by atoms with Gasteiger partial charge in [0.2, 0.25) is 17.7 Å². The number of aliphatic hydroxyl groups is 1. The van der Waals surface area contributed by atoms with Crippen molar-refractivity contribution in [3.8, 4) is 0 Å². The van der Waals surface area contributed by atoms with Crippen LogP contribution in [0.5, 0.6) is 0 Å². The van der Waals surface area contributed by atoms with Crippen LogP contribution in [0.3, 0.4) is 0 Å². The molecule has 0 aromatic heterocycles. The molecule has 0 aliphatic carbocycles. The molecule has 4 fully saturated rings. The minimum atomic E-state index is -0.741. The fourth-order valence-electron chi connectivity index (χ4n) is 7.01. The first-order valence-corrected chi connectivity index (χ1v) is 14.2. The molecule has 4 aliphatic rings. The Morgan fingerprint density at radius 1 is 1.22 bits per heavy atom. The van der Waals surface area contributed by atoms with Crippen LogP contribution < -0.4 is 10.6 Å². The van der Waals surface area contributed by atoms with Crippen molar-refractivity contribution in [2.24, 2.45) is 17.8 Å². The van der Waals surface area contributed by atoms with Gasteiger partial charge >= 0.3 is 0 Å². The molecule has 0 radical (unpaired) electrons. The number of likely N-dealkylation sites (tertiary alicyclic amines) is 1. The van der Waals surface area contributed by atoms with Gasteiger partial charge in [0.15, 0.2) is 0 Å². The molecule has 10 heteroatoms. The summed E-state index contributed by atoms with van der Waals surface area (Å²) in [6, 6.07) is 8.43. The Kier molecular flexibility index (Phi) is 7.81. The van der Waals surface area contributed by atoms with Crippen molar-refractivity contribution in [1.29, 1.82) is 0 Å². The van der Waals surface area contributed by atoms with Gasteiger partial charge in [-0.15, -0.1) is 11.8 Å². The molecule has 3 amide bonds. The summed E-state index contributed by atoms with van der Waals surface area (Å²) in [5.74, 6) is -1.46. The van der Waals surface area contributed by atoms with Crippen molar-refractivity contribution in [3.63, 3.8) is 0 Å². The van der Waals surface area contributed by atoms with Gasteiger partial charge < -0.3 is 25.4 Å². The summed E-state index contributed by atoms with van der Waals surface area (Å²) < 4.78 is 4.73. The SMILES string of the molecule is CNC(=O)[C@@H]1[C@@H]2CC(C)C3(S2)C(C(=O)NCCN2CCOCC2)N([C@@H](CO)Cc2ccccc2)C(=O)[C@H]13. The van der Waals surface area contributed by atoms with Crippen LogP contribution in [0.4, 0.5) is 0 Å². The van der Waals surface area contributed by atoms with E-state index in [1.165, 1.54) is 0 Å². The van der Waals surface area contributed by atoms with Gasteiger partial charge in [0.05, 0.1) is 42.4 Å². The molecule has 4 aliphatic heterocycles. The number of aliphatic hydroxyl groups excluding tert-OH is 1. The average Bonchev–Trinajstić information content (AvgIpc) is 3.51. The van der Waals surface area contributed by atoms with Gasteiger partial charge in [-0.2, -0.15) is 0 Å². The molecule has 7 atom stereocenters. The molecule has 1 aromatic carbocycles. The van der Waals surface area contributed by atoms with Gasteiger partial charge in [-0.1, -0.05) is 37.3 Å². The van der Waals surface area contributed by atoms with Crippen LogP contribution in [0.2, 0.25) is 0 Å². The fourth-order valence-corrected chi connectivity index (χ4v) is 9.42. The normalized spacial score (nSPS) is 33.9. The van der Waals surface area contributed by atoms with Crippen molar-refractivity contribution in [2.75, 3.05) is 53.0 Å². The summed E-state index contributed by atoms with van der Waals surface area (Å²) in [5, 5.41) is 16.4. The first-order valence-electron chi connectivity index (χ1n) is 13.4. The Balaban J connectivity index is 1.45. The molecule has 4 saturated heterocycles. The third kappa shape index (κ3) is 4.56. The number of nitrogens with one attached hydrogen (secondary N) is 2. The number of carbonyl (C=O) groups excluding carboxylic acids is 3. The number of hydrogen-bond donors (Lipinski definition) is 3. The topological polar surface area (TPSA) is 111 Å². The Morgan fingerprint density at radius 3 is 2.62 bits per heavy atom. The van der Waals surface area contributed by atoms with E-state index in [1.807, 2.05) is 30.3 Å². The van der Waals surface area contributed by atoms with Crippen LogP contribution >= 0.6 is 11.8 Å². The highest BCUT2D eigenvalue weighted by molar-refractivity contribution is 8.02. The molecule has 5 rings (SSSR count). The van der Waals surface area contributed by atoms with E-state index in [2.05, 4.69) is 22.5 Å². The molecular weight excluding hydrogens is 492 g/mol. The highest BCUT2D eigenvalue weighted by Crippen LogP contribution is 2.68. The number of fused-ring (bicyclic) bond motifs is 1. The van der Waals surface area contributed by atoms with Crippen molar-refractivity contribution >= 4 is 29.5 Å². The summed E-state index contributed by atoms with van der Waals surface area (Å²) in [4.78, 5) is 45.1. The van der Waals surface area contributed by atoms with E-state index in [4.69, 9.17) is 4.74 Å². The van der Waals surface area contributed by atoms with Crippen LogP contribution in [-0.2, 0) is 25.5 Å². The summed E-state index contributed by atoms with van der Waals surface area (Å²) in [5.41, 5.74) is 0.989. The fraction of sp³-hybridized carbons (Fsp3) is 0.667. The van der Waals surface area contributed by atoms with Crippen molar-refractivity contribution in [3.05, 3.63) is 35.9 Å². The maximum absolute atomic E-state index is 14.2. The van der Waals surface area contributed by atoms with Gasteiger partial charge in [-0.25, -0.2) is 0 Å². The van der Waals surface area contributed by atoms with Crippen molar-refractivity contribution < 1.29 is 24.2 Å². The lowest BCUT2D eigenvalue weighted by Crippen LogP contribution is -2.59. The number of carbonyl (C=O) groups is 3. The van der Waals surface area contributed by atoms with Gasteiger partial charge in [-0.3, -0.25) is 19.3 Å². The molecular formula is C27H38N4O5S. The Bertz CT molecular complexity index is 1010. The predicted molar refractivity (Wildman–Crippen MR) is 141 cm³/mol. The molecule has 9 nitrogen and oxygen atoms in total. The monoisotopic (exact) mass is 530 g/mol. The van der Waals surface area contributed by atoms with Crippen molar-refractivity contribution in [2.45, 2.75) is 41.8 Å². The van der Waals surface area contributed by atoms with Gasteiger partial charge in [-0.05, 0) is 24.3 Å². The maximum atomic E-state index is 14.2. The summed E-state index contributed by atoms with van der Waals surface area (Å²) in [6.07, 6.45) is 1.23. The average molecular weight is 531 g/mol. The second-order valence-electron chi connectivity index (χ2n) is 10.7. The predicted octanol–water partition coefficient (Wildman–Crippen LogP) is 0.122. The first-order chi connectivity index (χ1) is 17.9. The Hall–Kier alpha value is -2.14. The maximum Gasteiger partial charge on any atom is 0.244 e. The molecule has 1 spiro atoms. The molecule has 4 heterocycles. The number of amides is 3. The zero-order valence-electron chi connectivity index (χ0n) is 21.6. The van der Waals surface area contributed by atoms with E-state index in [-0.39, 0.29) is 35.5 Å². The summed E-state index contributed by atoms with van der Waals surface area (Å²) >= 11 is 1.66. The highest BCUT2D eigenvalue weighted by Gasteiger charge is 2.76. The summed E-state index contributed by atoms with van der Waals surface area (Å²) in [6.45, 7) is 6.09.